The van der Waals surface area contributed by atoms with Crippen molar-refractivity contribution in [3.05, 3.63) is 11.6 Å². The van der Waals surface area contributed by atoms with Crippen LogP contribution >= 0.6 is 0 Å². The monoisotopic (exact) mass is 356 g/mol. The first kappa shape index (κ1) is 17.0. The second-order valence-corrected chi connectivity index (χ2v) is 10.5. The van der Waals surface area contributed by atoms with Crippen LogP contribution in [-0.2, 0) is 14.3 Å². The molecule has 0 amide bonds. The molecule has 0 aromatic heterocycles. The van der Waals surface area contributed by atoms with Gasteiger partial charge in [-0.3, -0.25) is 9.59 Å². The van der Waals surface area contributed by atoms with Gasteiger partial charge in [0.05, 0.1) is 12.0 Å². The van der Waals surface area contributed by atoms with Crippen LogP contribution in [0.5, 0.6) is 0 Å². The third-order valence-electron chi connectivity index (χ3n) is 9.83. The van der Waals surface area contributed by atoms with Crippen molar-refractivity contribution in [1.82, 2.24) is 0 Å². The summed E-state index contributed by atoms with van der Waals surface area (Å²) in [5.41, 5.74) is 1.54. The fourth-order valence-electron chi connectivity index (χ4n) is 8.34. The first-order valence-electron chi connectivity index (χ1n) is 10.7. The van der Waals surface area contributed by atoms with Crippen LogP contribution in [0.1, 0.15) is 72.1 Å². The van der Waals surface area contributed by atoms with Crippen LogP contribution < -0.4 is 0 Å². The van der Waals surface area contributed by atoms with E-state index in [0.717, 1.165) is 38.5 Å². The van der Waals surface area contributed by atoms with Crippen molar-refractivity contribution in [3.63, 3.8) is 0 Å². The molecule has 7 atom stereocenters. The molecule has 3 heteroatoms. The summed E-state index contributed by atoms with van der Waals surface area (Å²) in [4.78, 5) is 24.8. The van der Waals surface area contributed by atoms with Gasteiger partial charge in [-0.05, 0) is 85.5 Å². The number of carbonyl (C=O) groups is 2. The Kier molecular flexibility index (Phi) is 3.42. The number of hydrogen-bond acceptors (Lipinski definition) is 3. The number of ketones is 1. The lowest BCUT2D eigenvalue weighted by Gasteiger charge is -2.61. The van der Waals surface area contributed by atoms with Crippen LogP contribution in [0.15, 0.2) is 11.6 Å². The number of rotatable bonds is 0. The van der Waals surface area contributed by atoms with Crippen LogP contribution in [0.4, 0.5) is 0 Å². The molecule has 5 rings (SSSR count). The highest BCUT2D eigenvalue weighted by atomic mass is 16.5. The largest absolute Gasteiger partial charge is 0.465 e. The van der Waals surface area contributed by atoms with Gasteiger partial charge in [-0.1, -0.05) is 26.3 Å². The molecule has 1 spiro atoms. The van der Waals surface area contributed by atoms with E-state index in [1.54, 1.807) is 0 Å². The van der Waals surface area contributed by atoms with Crippen molar-refractivity contribution < 1.29 is 14.3 Å². The zero-order valence-electron chi connectivity index (χ0n) is 16.5. The number of cyclic esters (lactones) is 1. The number of ether oxygens (including phenoxy) is 1. The Morgan fingerprint density at radius 2 is 1.81 bits per heavy atom. The molecule has 5 unspecified atom stereocenters. The number of esters is 1. The standard InChI is InChI=1S/C23H32O3/c1-14-12-15-13-16(24)4-7-21(15,2)17-5-8-22(3)18(19(14)17)6-9-23(22)10-11-26-20(23)25/h13-14,17-19H,4-12H2,1-3H3/t14-,17+,18?,19?,21?,22?,23?/m1/s1. The number of fused-ring (bicyclic) bond motifs is 6. The minimum atomic E-state index is -0.206. The van der Waals surface area contributed by atoms with Gasteiger partial charge < -0.3 is 4.74 Å². The lowest BCUT2D eigenvalue weighted by Crippen LogP contribution is -2.55. The Morgan fingerprint density at radius 3 is 2.54 bits per heavy atom. The summed E-state index contributed by atoms with van der Waals surface area (Å²) in [6.07, 6.45) is 10.3. The van der Waals surface area contributed by atoms with Crippen molar-refractivity contribution >= 4 is 11.8 Å². The van der Waals surface area contributed by atoms with E-state index < -0.39 is 0 Å². The predicted molar refractivity (Wildman–Crippen MR) is 99.3 cm³/mol. The maximum absolute atomic E-state index is 12.8. The number of allylic oxidation sites excluding steroid dienone is 1. The van der Waals surface area contributed by atoms with Crippen LogP contribution in [-0.4, -0.2) is 18.4 Å². The van der Waals surface area contributed by atoms with Crippen LogP contribution in [0.25, 0.3) is 0 Å². The molecule has 1 heterocycles. The van der Waals surface area contributed by atoms with Crippen LogP contribution in [0, 0.1) is 39.9 Å². The Bertz CT molecular complexity index is 708. The van der Waals surface area contributed by atoms with Crippen LogP contribution in [0.2, 0.25) is 0 Å². The van der Waals surface area contributed by atoms with Gasteiger partial charge >= 0.3 is 5.97 Å². The number of hydrogen-bond donors (Lipinski definition) is 0. The first-order chi connectivity index (χ1) is 12.3. The average molecular weight is 357 g/mol. The first-order valence-corrected chi connectivity index (χ1v) is 10.7. The highest BCUT2D eigenvalue weighted by Crippen LogP contribution is 2.72. The quantitative estimate of drug-likeness (QED) is 0.591. The molecular formula is C23H32O3. The molecule has 0 bridgehead atoms. The van der Waals surface area contributed by atoms with Crippen molar-refractivity contribution in [2.45, 2.75) is 72.1 Å². The second kappa shape index (κ2) is 5.23. The summed E-state index contributed by atoms with van der Waals surface area (Å²) < 4.78 is 5.50. The van der Waals surface area contributed by atoms with E-state index in [4.69, 9.17) is 4.74 Å². The highest BCUT2D eigenvalue weighted by Gasteiger charge is 2.69. The molecule has 0 radical (unpaired) electrons. The minimum Gasteiger partial charge on any atom is -0.465 e. The normalized spacial score (nSPS) is 53.0. The van der Waals surface area contributed by atoms with E-state index in [2.05, 4.69) is 20.8 Å². The Morgan fingerprint density at radius 1 is 1.04 bits per heavy atom. The molecule has 0 aromatic carbocycles. The van der Waals surface area contributed by atoms with E-state index in [-0.39, 0.29) is 22.2 Å². The lowest BCUT2D eigenvalue weighted by molar-refractivity contribution is -0.158. The summed E-state index contributed by atoms with van der Waals surface area (Å²) in [5, 5.41) is 0. The Hall–Kier alpha value is -1.12. The lowest BCUT2D eigenvalue weighted by atomic mass is 9.43. The van der Waals surface area contributed by atoms with E-state index in [1.807, 2.05) is 6.08 Å². The maximum atomic E-state index is 12.8. The molecule has 0 N–H and O–H groups in total. The number of carbonyl (C=O) groups excluding carboxylic acids is 2. The van der Waals surface area contributed by atoms with Gasteiger partial charge in [-0.2, -0.15) is 0 Å². The zero-order chi connectivity index (χ0) is 18.3. The zero-order valence-corrected chi connectivity index (χ0v) is 16.5. The molecule has 3 nitrogen and oxygen atoms in total. The fraction of sp³-hybridized carbons (Fsp3) is 0.826. The molecule has 0 aromatic rings. The molecule has 4 aliphatic carbocycles. The topological polar surface area (TPSA) is 43.4 Å². The predicted octanol–water partition coefficient (Wildman–Crippen LogP) is 4.70. The van der Waals surface area contributed by atoms with Gasteiger partial charge in [0.1, 0.15) is 0 Å². The van der Waals surface area contributed by atoms with Crippen molar-refractivity contribution in [2.75, 3.05) is 6.61 Å². The summed E-state index contributed by atoms with van der Waals surface area (Å²) in [5.74, 6) is 3.05. The smallest absolute Gasteiger partial charge is 0.312 e. The van der Waals surface area contributed by atoms with Crippen molar-refractivity contribution in [3.8, 4) is 0 Å². The van der Waals surface area contributed by atoms with E-state index in [1.165, 1.54) is 18.4 Å². The van der Waals surface area contributed by atoms with E-state index in [9.17, 15) is 9.59 Å². The van der Waals surface area contributed by atoms with Crippen molar-refractivity contribution in [1.29, 1.82) is 0 Å². The third kappa shape index (κ3) is 1.85. The van der Waals surface area contributed by atoms with E-state index >= 15 is 0 Å². The molecule has 4 fully saturated rings. The molecule has 1 saturated heterocycles. The molecule has 5 aliphatic rings. The van der Waals surface area contributed by atoms with Gasteiger partial charge in [-0.25, -0.2) is 0 Å². The van der Waals surface area contributed by atoms with Gasteiger partial charge in [0.2, 0.25) is 0 Å². The van der Waals surface area contributed by atoms with Crippen LogP contribution in [0.3, 0.4) is 0 Å². The molecule has 142 valence electrons. The maximum Gasteiger partial charge on any atom is 0.312 e. The van der Waals surface area contributed by atoms with Gasteiger partial charge in [0.15, 0.2) is 5.78 Å². The second-order valence-electron chi connectivity index (χ2n) is 10.5. The summed E-state index contributed by atoms with van der Waals surface area (Å²) in [6, 6.07) is 0. The fourth-order valence-corrected chi connectivity index (χ4v) is 8.34. The molecule has 3 saturated carbocycles. The van der Waals surface area contributed by atoms with Gasteiger partial charge in [0, 0.05) is 6.42 Å². The highest BCUT2D eigenvalue weighted by molar-refractivity contribution is 5.91. The van der Waals surface area contributed by atoms with Gasteiger partial charge in [-0.15, -0.1) is 0 Å². The molecule has 26 heavy (non-hydrogen) atoms. The average Bonchev–Trinajstić information content (AvgIpc) is 3.12. The summed E-state index contributed by atoms with van der Waals surface area (Å²) >= 11 is 0. The SMILES string of the molecule is C[C@@H]1CC2=CC(=O)CCC2(C)[C@H]2CCC3(C)C(CCC34CCOC4=O)C12. The summed E-state index contributed by atoms with van der Waals surface area (Å²) in [6.45, 7) is 7.88. The molecule has 1 aliphatic heterocycles. The van der Waals surface area contributed by atoms with Crippen molar-refractivity contribution in [2.24, 2.45) is 39.9 Å². The van der Waals surface area contributed by atoms with E-state index in [0.29, 0.717) is 36.1 Å². The van der Waals surface area contributed by atoms with Gasteiger partial charge in [0.25, 0.3) is 0 Å². The third-order valence-corrected chi connectivity index (χ3v) is 9.83. The molecular weight excluding hydrogens is 324 g/mol. The Labute approximate surface area is 156 Å². The Balaban J connectivity index is 1.55. The minimum absolute atomic E-state index is 0.0967. The summed E-state index contributed by atoms with van der Waals surface area (Å²) in [7, 11) is 0.